The van der Waals surface area contributed by atoms with Crippen LogP contribution in [0.15, 0.2) is 18.2 Å². The van der Waals surface area contributed by atoms with Crippen molar-refractivity contribution in [3.63, 3.8) is 0 Å². The maximum Gasteiger partial charge on any atom is 0.335 e. The lowest BCUT2D eigenvalue weighted by atomic mass is 10.1. The highest BCUT2D eigenvalue weighted by atomic mass is 19.1. The summed E-state index contributed by atoms with van der Waals surface area (Å²) >= 11 is 0. The number of carboxylic acids is 1. The Kier molecular flexibility index (Phi) is 2.96. The summed E-state index contributed by atoms with van der Waals surface area (Å²) in [6.07, 6.45) is 0. The molecule has 2 aliphatic rings. The summed E-state index contributed by atoms with van der Waals surface area (Å²) in [6, 6.07) is 3.87. The van der Waals surface area contributed by atoms with Crippen LogP contribution in [0, 0.1) is 5.82 Å². The van der Waals surface area contributed by atoms with E-state index < -0.39 is 11.8 Å². The highest BCUT2D eigenvalue weighted by molar-refractivity contribution is 5.88. The molecule has 0 radical (unpaired) electrons. The molecule has 0 saturated carbocycles. The van der Waals surface area contributed by atoms with Gasteiger partial charge in [0.2, 0.25) is 0 Å². The SMILES string of the molecule is O=C(O)c1ccc(N2CCN3C(=O)NCC3C2)c(F)c1. The quantitative estimate of drug-likeness (QED) is 0.837. The number of amides is 2. The zero-order valence-corrected chi connectivity index (χ0v) is 10.7. The highest BCUT2D eigenvalue weighted by Crippen LogP contribution is 2.24. The number of hydrogen-bond acceptors (Lipinski definition) is 3. The lowest BCUT2D eigenvalue weighted by molar-refractivity contribution is 0.0696. The van der Waals surface area contributed by atoms with Crippen molar-refractivity contribution in [1.82, 2.24) is 10.2 Å². The first-order chi connectivity index (χ1) is 9.56. The van der Waals surface area contributed by atoms with E-state index >= 15 is 0 Å². The number of fused-ring (bicyclic) bond motifs is 1. The zero-order valence-electron chi connectivity index (χ0n) is 10.7. The van der Waals surface area contributed by atoms with E-state index in [-0.39, 0.29) is 17.6 Å². The Hall–Kier alpha value is -2.31. The average molecular weight is 279 g/mol. The van der Waals surface area contributed by atoms with Gasteiger partial charge in [-0.25, -0.2) is 14.0 Å². The van der Waals surface area contributed by atoms with Gasteiger partial charge < -0.3 is 20.2 Å². The van der Waals surface area contributed by atoms with Gasteiger partial charge in [0.05, 0.1) is 17.3 Å². The number of anilines is 1. The Morgan fingerprint density at radius 2 is 2.20 bits per heavy atom. The van der Waals surface area contributed by atoms with Crippen molar-refractivity contribution in [3.05, 3.63) is 29.6 Å². The summed E-state index contributed by atoms with van der Waals surface area (Å²) in [5, 5.41) is 11.6. The van der Waals surface area contributed by atoms with Crippen LogP contribution >= 0.6 is 0 Å². The first-order valence-corrected chi connectivity index (χ1v) is 6.38. The number of urea groups is 1. The van der Waals surface area contributed by atoms with Crippen LogP contribution in [-0.4, -0.2) is 54.2 Å². The smallest absolute Gasteiger partial charge is 0.335 e. The maximum absolute atomic E-state index is 14.0. The van der Waals surface area contributed by atoms with E-state index in [1.807, 2.05) is 4.90 Å². The Balaban J connectivity index is 1.80. The van der Waals surface area contributed by atoms with Gasteiger partial charge in [-0.3, -0.25) is 0 Å². The number of nitrogens with zero attached hydrogens (tertiary/aromatic N) is 2. The van der Waals surface area contributed by atoms with E-state index in [9.17, 15) is 14.0 Å². The summed E-state index contributed by atoms with van der Waals surface area (Å²) in [5.74, 6) is -1.69. The van der Waals surface area contributed by atoms with E-state index in [0.717, 1.165) is 6.07 Å². The number of piperazine rings is 1. The van der Waals surface area contributed by atoms with Crippen molar-refractivity contribution < 1.29 is 19.1 Å². The fraction of sp³-hybridized carbons (Fsp3) is 0.385. The monoisotopic (exact) mass is 279 g/mol. The number of carboxylic acid groups (broad SMARTS) is 1. The largest absolute Gasteiger partial charge is 0.478 e. The predicted octanol–water partition coefficient (Wildman–Crippen LogP) is 0.738. The molecule has 1 aromatic carbocycles. The highest BCUT2D eigenvalue weighted by Gasteiger charge is 2.36. The van der Waals surface area contributed by atoms with Crippen molar-refractivity contribution in [2.24, 2.45) is 0 Å². The molecule has 2 heterocycles. The fourth-order valence-corrected chi connectivity index (χ4v) is 2.72. The van der Waals surface area contributed by atoms with E-state index in [1.165, 1.54) is 12.1 Å². The second-order valence-electron chi connectivity index (χ2n) is 4.95. The molecule has 2 aliphatic heterocycles. The number of carbonyl (C=O) groups excluding carboxylic acids is 1. The number of benzene rings is 1. The third-order valence-electron chi connectivity index (χ3n) is 3.77. The molecule has 7 heteroatoms. The number of carbonyl (C=O) groups is 2. The second kappa shape index (κ2) is 4.66. The van der Waals surface area contributed by atoms with Crippen molar-refractivity contribution >= 4 is 17.7 Å². The molecule has 0 bridgehead atoms. The first-order valence-electron chi connectivity index (χ1n) is 6.38. The third-order valence-corrected chi connectivity index (χ3v) is 3.77. The van der Waals surface area contributed by atoms with Crippen LogP contribution in [0.25, 0.3) is 0 Å². The van der Waals surface area contributed by atoms with Crippen LogP contribution in [-0.2, 0) is 0 Å². The van der Waals surface area contributed by atoms with Crippen molar-refractivity contribution in [3.8, 4) is 0 Å². The van der Waals surface area contributed by atoms with E-state index in [2.05, 4.69) is 5.32 Å². The molecule has 3 rings (SSSR count). The second-order valence-corrected chi connectivity index (χ2v) is 4.95. The third kappa shape index (κ3) is 2.04. The molecule has 106 valence electrons. The lowest BCUT2D eigenvalue weighted by Crippen LogP contribution is -2.52. The molecule has 2 fully saturated rings. The van der Waals surface area contributed by atoms with Gasteiger partial charge in [-0.05, 0) is 18.2 Å². The Morgan fingerprint density at radius 1 is 1.40 bits per heavy atom. The number of aromatic carboxylic acids is 1. The molecule has 6 nitrogen and oxygen atoms in total. The molecule has 2 amide bonds. The minimum Gasteiger partial charge on any atom is -0.478 e. The molecular formula is C13H14FN3O3. The minimum absolute atomic E-state index is 0.0369. The van der Waals surface area contributed by atoms with E-state index in [4.69, 9.17) is 5.11 Å². The fourth-order valence-electron chi connectivity index (χ4n) is 2.72. The van der Waals surface area contributed by atoms with Gasteiger partial charge in [-0.2, -0.15) is 0 Å². The topological polar surface area (TPSA) is 72.9 Å². The van der Waals surface area contributed by atoms with Crippen LogP contribution in [0.3, 0.4) is 0 Å². The first kappa shape index (κ1) is 12.7. The molecule has 0 aromatic heterocycles. The summed E-state index contributed by atoms with van der Waals surface area (Å²) in [5.41, 5.74) is 0.316. The van der Waals surface area contributed by atoms with Crippen molar-refractivity contribution in [2.45, 2.75) is 6.04 Å². The zero-order chi connectivity index (χ0) is 14.3. The van der Waals surface area contributed by atoms with Gasteiger partial charge >= 0.3 is 12.0 Å². The Morgan fingerprint density at radius 3 is 2.90 bits per heavy atom. The van der Waals surface area contributed by atoms with Crippen molar-refractivity contribution in [1.29, 1.82) is 0 Å². The summed E-state index contributed by atoms with van der Waals surface area (Å²) in [6.45, 7) is 2.18. The Bertz CT molecular complexity index is 578. The summed E-state index contributed by atoms with van der Waals surface area (Å²) < 4.78 is 14.0. The maximum atomic E-state index is 14.0. The molecule has 1 unspecified atom stereocenters. The van der Waals surface area contributed by atoms with Gasteiger partial charge in [0.25, 0.3) is 0 Å². The van der Waals surface area contributed by atoms with Gasteiger partial charge in [-0.15, -0.1) is 0 Å². The number of nitrogens with one attached hydrogen (secondary N) is 1. The molecule has 0 spiro atoms. The van der Waals surface area contributed by atoms with Crippen LogP contribution in [0.2, 0.25) is 0 Å². The van der Waals surface area contributed by atoms with Crippen molar-refractivity contribution in [2.75, 3.05) is 31.1 Å². The number of rotatable bonds is 2. The van der Waals surface area contributed by atoms with E-state index in [0.29, 0.717) is 31.9 Å². The number of hydrogen-bond donors (Lipinski definition) is 2. The summed E-state index contributed by atoms with van der Waals surface area (Å²) in [7, 11) is 0. The molecule has 1 aromatic rings. The van der Waals surface area contributed by atoms with Crippen LogP contribution < -0.4 is 10.2 Å². The predicted molar refractivity (Wildman–Crippen MR) is 69.5 cm³/mol. The van der Waals surface area contributed by atoms with Crippen LogP contribution in [0.1, 0.15) is 10.4 Å². The number of halogens is 1. The van der Waals surface area contributed by atoms with Crippen LogP contribution in [0.5, 0.6) is 0 Å². The molecular weight excluding hydrogens is 265 g/mol. The Labute approximate surface area is 114 Å². The van der Waals surface area contributed by atoms with E-state index in [1.54, 1.807) is 4.90 Å². The van der Waals surface area contributed by atoms with Gasteiger partial charge in [0.15, 0.2) is 0 Å². The average Bonchev–Trinajstić information content (AvgIpc) is 2.79. The van der Waals surface area contributed by atoms with Gasteiger partial charge in [0, 0.05) is 26.2 Å². The normalized spacial score (nSPS) is 21.6. The van der Waals surface area contributed by atoms with Crippen LogP contribution in [0.4, 0.5) is 14.9 Å². The lowest BCUT2D eigenvalue weighted by Gasteiger charge is -2.37. The van der Waals surface area contributed by atoms with Gasteiger partial charge in [-0.1, -0.05) is 0 Å². The molecule has 0 aliphatic carbocycles. The summed E-state index contributed by atoms with van der Waals surface area (Å²) in [4.78, 5) is 25.9. The molecule has 1 atom stereocenters. The van der Waals surface area contributed by atoms with Gasteiger partial charge in [0.1, 0.15) is 5.82 Å². The molecule has 2 N–H and O–H groups in total. The standard InChI is InChI=1S/C13H14FN3O3/c14-10-5-8(12(18)19)1-2-11(10)16-3-4-17-9(7-16)6-15-13(17)20/h1-2,5,9H,3-4,6-7H2,(H,15,20)(H,18,19). The minimum atomic E-state index is -1.15. The molecule has 20 heavy (non-hydrogen) atoms. The molecule has 2 saturated heterocycles.